The van der Waals surface area contributed by atoms with Crippen LogP contribution in [0, 0.1) is 27.4 Å². The van der Waals surface area contributed by atoms with E-state index in [1.165, 1.54) is 24.3 Å². The van der Waals surface area contributed by atoms with Gasteiger partial charge >= 0.3 is 11.9 Å². The molecule has 11 heteroatoms. The van der Waals surface area contributed by atoms with Crippen molar-refractivity contribution < 1.29 is 28.8 Å². The maximum atomic E-state index is 12.8. The summed E-state index contributed by atoms with van der Waals surface area (Å²) in [6.07, 6.45) is 0. The zero-order valence-corrected chi connectivity index (χ0v) is 18.7. The quantitative estimate of drug-likeness (QED) is 0.260. The maximum absolute atomic E-state index is 12.8. The first-order valence-corrected chi connectivity index (χ1v) is 10.9. The number of nitro benzene ring substituents is 1. The first-order chi connectivity index (χ1) is 16.4. The lowest BCUT2D eigenvalue weighted by molar-refractivity contribution is -0.385. The van der Waals surface area contributed by atoms with Crippen LogP contribution in [-0.2, 0) is 30.5 Å². The minimum absolute atomic E-state index is 0.0130. The van der Waals surface area contributed by atoms with Gasteiger partial charge in [-0.25, -0.2) is 0 Å². The van der Waals surface area contributed by atoms with Crippen molar-refractivity contribution in [2.75, 3.05) is 12.9 Å². The Morgan fingerprint density at radius 1 is 1.18 bits per heavy atom. The summed E-state index contributed by atoms with van der Waals surface area (Å²) < 4.78 is 9.94. The van der Waals surface area contributed by atoms with Gasteiger partial charge in [0, 0.05) is 11.6 Å². The number of ether oxygens (including phenoxy) is 2. The number of allylic oxidation sites excluding steroid dienone is 1. The van der Waals surface area contributed by atoms with Gasteiger partial charge in [-0.1, -0.05) is 60.3 Å². The van der Waals surface area contributed by atoms with E-state index in [0.717, 1.165) is 24.4 Å². The number of para-hydroxylation sites is 1. The minimum Gasteiger partial charge on any atom is -0.468 e. The Morgan fingerprint density at radius 2 is 1.85 bits per heavy atom. The molecule has 2 atom stereocenters. The first-order valence-electron chi connectivity index (χ1n) is 9.96. The van der Waals surface area contributed by atoms with Gasteiger partial charge in [0.15, 0.2) is 0 Å². The van der Waals surface area contributed by atoms with Gasteiger partial charge in [0.25, 0.3) is 5.69 Å². The second-order valence-corrected chi connectivity index (χ2v) is 8.06. The highest BCUT2D eigenvalue weighted by Gasteiger charge is 2.46. The number of rotatable bonds is 8. The molecule has 0 bridgehead atoms. The summed E-state index contributed by atoms with van der Waals surface area (Å²) in [6, 6.07) is 16.5. The largest absolute Gasteiger partial charge is 0.468 e. The molecule has 34 heavy (non-hydrogen) atoms. The van der Waals surface area contributed by atoms with Crippen molar-refractivity contribution in [3.05, 3.63) is 86.4 Å². The molecule has 0 saturated carbocycles. The summed E-state index contributed by atoms with van der Waals surface area (Å²) in [4.78, 5) is 48.4. The molecule has 2 aromatic rings. The number of carbonyl (C=O) groups excluding carboxylic acids is 3. The van der Waals surface area contributed by atoms with E-state index in [9.17, 15) is 29.8 Å². The first kappa shape index (κ1) is 24.5. The van der Waals surface area contributed by atoms with Crippen LogP contribution in [0.3, 0.4) is 0 Å². The van der Waals surface area contributed by atoms with Crippen LogP contribution < -0.4 is 5.32 Å². The van der Waals surface area contributed by atoms with Crippen LogP contribution in [0.25, 0.3) is 0 Å². The van der Waals surface area contributed by atoms with E-state index in [-0.39, 0.29) is 34.2 Å². The maximum Gasteiger partial charge on any atom is 0.319 e. The number of nitrogens with one attached hydrogen (secondary N) is 1. The monoisotopic (exact) mass is 481 g/mol. The van der Waals surface area contributed by atoms with E-state index < -0.39 is 34.6 Å². The molecule has 0 spiro atoms. The summed E-state index contributed by atoms with van der Waals surface area (Å²) in [6.45, 7) is 0.0556. The zero-order valence-electron chi connectivity index (χ0n) is 17.9. The van der Waals surface area contributed by atoms with Gasteiger partial charge in [-0.3, -0.25) is 24.5 Å². The lowest BCUT2D eigenvalue weighted by atomic mass is 9.78. The predicted octanol–water partition coefficient (Wildman–Crippen LogP) is 2.81. The van der Waals surface area contributed by atoms with Crippen LogP contribution in [-0.4, -0.2) is 35.6 Å². The Morgan fingerprint density at radius 3 is 2.50 bits per heavy atom. The predicted molar refractivity (Wildman–Crippen MR) is 121 cm³/mol. The second kappa shape index (κ2) is 11.1. The number of methoxy groups -OCH3 is 1. The lowest BCUT2D eigenvalue weighted by Crippen LogP contribution is -2.44. The average Bonchev–Trinajstić information content (AvgIpc) is 2.85. The molecule has 1 amide bonds. The van der Waals surface area contributed by atoms with Crippen LogP contribution in [0.1, 0.15) is 17.0 Å². The molecule has 0 aliphatic carbocycles. The number of amides is 1. The molecule has 0 radical (unpaired) electrons. The van der Waals surface area contributed by atoms with Crippen LogP contribution >= 0.6 is 11.8 Å². The highest BCUT2D eigenvalue weighted by molar-refractivity contribution is 8.03. The molecule has 2 aromatic carbocycles. The lowest BCUT2D eigenvalue weighted by Gasteiger charge is -2.30. The van der Waals surface area contributed by atoms with Crippen molar-refractivity contribution >= 4 is 35.3 Å². The normalized spacial score (nSPS) is 17.4. The van der Waals surface area contributed by atoms with Gasteiger partial charge in [-0.15, -0.1) is 0 Å². The fourth-order valence-electron chi connectivity index (χ4n) is 3.48. The van der Waals surface area contributed by atoms with Crippen LogP contribution in [0.4, 0.5) is 5.69 Å². The van der Waals surface area contributed by atoms with Crippen molar-refractivity contribution in [1.82, 2.24) is 5.32 Å². The third-order valence-electron chi connectivity index (χ3n) is 5.03. The minimum atomic E-state index is -1.52. The highest BCUT2D eigenvalue weighted by atomic mass is 32.2. The number of thioether (sulfide) groups is 1. The Hall–Kier alpha value is -4.17. The molecule has 174 valence electrons. The average molecular weight is 481 g/mol. The van der Waals surface area contributed by atoms with E-state index in [2.05, 4.69) is 5.32 Å². The van der Waals surface area contributed by atoms with E-state index in [4.69, 9.17) is 9.47 Å². The Labute approximate surface area is 198 Å². The molecule has 0 unspecified atom stereocenters. The molecule has 0 aromatic heterocycles. The number of esters is 2. The van der Waals surface area contributed by atoms with Gasteiger partial charge in [0.1, 0.15) is 12.5 Å². The van der Waals surface area contributed by atoms with Gasteiger partial charge in [0.05, 0.1) is 40.4 Å². The summed E-state index contributed by atoms with van der Waals surface area (Å²) in [5.74, 6) is -5.36. The molecule has 10 nitrogen and oxygen atoms in total. The Kier molecular flexibility index (Phi) is 8.00. The number of nitro groups is 1. The molecule has 0 fully saturated rings. The van der Waals surface area contributed by atoms with Gasteiger partial charge in [0.2, 0.25) is 5.91 Å². The summed E-state index contributed by atoms with van der Waals surface area (Å²) >= 11 is 0.840. The molecular weight excluding hydrogens is 462 g/mol. The van der Waals surface area contributed by atoms with E-state index in [0.29, 0.717) is 0 Å². The molecule has 0 saturated heterocycles. The third-order valence-corrected chi connectivity index (χ3v) is 6.02. The number of nitriles is 1. The molecule has 1 aliphatic heterocycles. The topological polar surface area (TPSA) is 149 Å². The second-order valence-electron chi connectivity index (χ2n) is 7.07. The molecule has 1 N–H and O–H groups in total. The smallest absolute Gasteiger partial charge is 0.319 e. The highest BCUT2D eigenvalue weighted by Crippen LogP contribution is 2.43. The van der Waals surface area contributed by atoms with Gasteiger partial charge in [-0.05, 0) is 5.56 Å². The fourth-order valence-corrected chi connectivity index (χ4v) is 4.33. The van der Waals surface area contributed by atoms with Crippen molar-refractivity contribution in [3.63, 3.8) is 0 Å². The van der Waals surface area contributed by atoms with E-state index >= 15 is 0 Å². The summed E-state index contributed by atoms with van der Waals surface area (Å²) in [7, 11) is 1.08. The van der Waals surface area contributed by atoms with Crippen LogP contribution in [0.5, 0.6) is 0 Å². The van der Waals surface area contributed by atoms with Gasteiger partial charge in [-0.2, -0.15) is 5.26 Å². The van der Waals surface area contributed by atoms with E-state index in [1.807, 2.05) is 12.1 Å². The van der Waals surface area contributed by atoms with Crippen LogP contribution in [0.15, 0.2) is 65.2 Å². The number of hydrogen-bond donors (Lipinski definition) is 1. The number of benzene rings is 2. The van der Waals surface area contributed by atoms with Crippen molar-refractivity contribution in [1.29, 1.82) is 5.26 Å². The molecule has 3 rings (SSSR count). The van der Waals surface area contributed by atoms with Crippen molar-refractivity contribution in [3.8, 4) is 6.07 Å². The van der Waals surface area contributed by atoms with Crippen molar-refractivity contribution in [2.24, 2.45) is 5.92 Å². The molecule has 1 aliphatic rings. The summed E-state index contributed by atoms with van der Waals surface area (Å²) in [5.41, 5.74) is 0.362. The number of carbonyl (C=O) groups is 3. The van der Waals surface area contributed by atoms with E-state index in [1.54, 1.807) is 24.3 Å². The fraction of sp³-hybridized carbons (Fsp3) is 0.217. The zero-order chi connectivity index (χ0) is 24.7. The Bertz CT molecular complexity index is 1190. The number of hydrogen-bond acceptors (Lipinski definition) is 9. The standard InChI is InChI=1S/C23H19N3O7S/c1-32-23(29)20-19(15-9-5-6-10-17(15)26(30)31)16(11-24)22(25-21(20)28)34-13-18(27)33-12-14-7-3-2-4-8-14/h2-10,19-20H,12-13H2,1H3,(H,25,28)/t19-,20+/m0/s1. The third kappa shape index (κ3) is 5.41. The number of nitrogens with zero attached hydrogens (tertiary/aromatic N) is 2. The Balaban J connectivity index is 1.91. The SMILES string of the molecule is COC(=O)[C@H]1C(=O)NC(SCC(=O)OCc2ccccc2)=C(C#N)[C@@H]1c1ccccc1[N+](=O)[O-]. The van der Waals surface area contributed by atoms with Gasteiger partial charge < -0.3 is 14.8 Å². The van der Waals surface area contributed by atoms with Crippen molar-refractivity contribution in [2.45, 2.75) is 12.5 Å². The molecule has 1 heterocycles. The summed E-state index contributed by atoms with van der Waals surface area (Å²) in [5, 5.41) is 24.0. The van der Waals surface area contributed by atoms with Crippen LogP contribution in [0.2, 0.25) is 0 Å². The molecular formula is C23H19N3O7S.